The molecule has 118 valence electrons. The average Bonchev–Trinajstić information content (AvgIpc) is 2.88. The van der Waals surface area contributed by atoms with Gasteiger partial charge in [-0.2, -0.15) is 5.10 Å². The lowest BCUT2D eigenvalue weighted by molar-refractivity contribution is 0.0553. The van der Waals surface area contributed by atoms with Gasteiger partial charge in [-0.3, -0.25) is 9.89 Å². The Balaban J connectivity index is 2.09. The van der Waals surface area contributed by atoms with Gasteiger partial charge < -0.3 is 10.6 Å². The molecule has 1 amide bonds. The number of likely N-dealkylation sites (tertiary alicyclic amines) is 1. The van der Waals surface area contributed by atoms with Crippen molar-refractivity contribution < 1.29 is 4.79 Å². The predicted octanol–water partition coefficient (Wildman–Crippen LogP) is 3.16. The second-order valence-corrected chi connectivity index (χ2v) is 6.55. The van der Waals surface area contributed by atoms with E-state index in [-0.39, 0.29) is 11.8 Å². The van der Waals surface area contributed by atoms with Gasteiger partial charge >= 0.3 is 0 Å². The van der Waals surface area contributed by atoms with Crippen LogP contribution in [0.4, 0.5) is 5.69 Å². The van der Waals surface area contributed by atoms with Crippen LogP contribution in [-0.2, 0) is 0 Å². The second kappa shape index (κ2) is 6.08. The van der Waals surface area contributed by atoms with Crippen LogP contribution in [0.5, 0.6) is 0 Å². The average molecular weight is 292 g/mol. The third-order valence-electron chi connectivity index (χ3n) is 5.22. The molecule has 1 aliphatic rings. The first kappa shape index (κ1) is 15.9. The topological polar surface area (TPSA) is 75.0 Å². The molecule has 3 N–H and O–H groups in total. The number of H-pyrrole nitrogens is 1. The van der Waals surface area contributed by atoms with Gasteiger partial charge in [0.1, 0.15) is 0 Å². The van der Waals surface area contributed by atoms with E-state index in [1.165, 1.54) is 12.8 Å². The largest absolute Gasteiger partial charge is 0.395 e. The van der Waals surface area contributed by atoms with E-state index in [0.717, 1.165) is 31.6 Å². The van der Waals surface area contributed by atoms with E-state index in [1.807, 2.05) is 18.7 Å². The van der Waals surface area contributed by atoms with Crippen LogP contribution in [0.2, 0.25) is 0 Å². The number of carbonyl (C=O) groups excluding carboxylic acids is 1. The molecule has 5 heteroatoms. The number of aromatic amines is 1. The minimum atomic E-state index is -0.0311. The highest BCUT2D eigenvalue weighted by molar-refractivity contribution is 5.97. The Morgan fingerprint density at radius 2 is 1.90 bits per heavy atom. The fourth-order valence-corrected chi connectivity index (χ4v) is 3.26. The van der Waals surface area contributed by atoms with Gasteiger partial charge in [-0.25, -0.2) is 0 Å². The third-order valence-corrected chi connectivity index (χ3v) is 5.22. The molecule has 1 aliphatic heterocycles. The van der Waals surface area contributed by atoms with Crippen molar-refractivity contribution in [3.63, 3.8) is 0 Å². The van der Waals surface area contributed by atoms with E-state index < -0.39 is 0 Å². The first-order valence-electron chi connectivity index (χ1n) is 8.07. The van der Waals surface area contributed by atoms with Gasteiger partial charge in [-0.1, -0.05) is 40.5 Å². The molecular formula is C16H28N4O. The van der Waals surface area contributed by atoms with Crippen LogP contribution in [0.15, 0.2) is 0 Å². The Bertz CT molecular complexity index is 492. The van der Waals surface area contributed by atoms with Crippen molar-refractivity contribution in [2.75, 3.05) is 18.8 Å². The first-order valence-corrected chi connectivity index (χ1v) is 8.07. The number of piperidine rings is 1. The van der Waals surface area contributed by atoms with Gasteiger partial charge in [-0.15, -0.1) is 0 Å². The smallest absolute Gasteiger partial charge is 0.276 e. The molecule has 0 aliphatic carbocycles. The van der Waals surface area contributed by atoms with Gasteiger partial charge in [-0.05, 0) is 24.2 Å². The van der Waals surface area contributed by atoms with Crippen LogP contribution in [0.25, 0.3) is 0 Å². The molecule has 1 aromatic heterocycles. The van der Waals surface area contributed by atoms with Gasteiger partial charge in [0.15, 0.2) is 5.69 Å². The van der Waals surface area contributed by atoms with Crippen molar-refractivity contribution in [2.45, 2.75) is 59.3 Å². The minimum Gasteiger partial charge on any atom is -0.395 e. The fraction of sp³-hybridized carbons (Fsp3) is 0.750. The SMILES string of the molecule is CCC1(CC)CCN(C(=O)c2n[nH]c(C(C)C)c2N)CC1. The molecule has 0 radical (unpaired) electrons. The maximum Gasteiger partial charge on any atom is 0.276 e. The molecule has 2 rings (SSSR count). The predicted molar refractivity (Wildman–Crippen MR) is 85.2 cm³/mol. The molecule has 0 spiro atoms. The maximum atomic E-state index is 12.6. The minimum absolute atomic E-state index is 0.0311. The van der Waals surface area contributed by atoms with Crippen LogP contribution in [0.1, 0.15) is 75.5 Å². The quantitative estimate of drug-likeness (QED) is 0.895. The zero-order chi connectivity index (χ0) is 15.6. The van der Waals surface area contributed by atoms with Crippen molar-refractivity contribution in [3.05, 3.63) is 11.4 Å². The molecular weight excluding hydrogens is 264 g/mol. The maximum absolute atomic E-state index is 12.6. The Morgan fingerprint density at radius 3 is 2.33 bits per heavy atom. The first-order chi connectivity index (χ1) is 9.94. The number of amides is 1. The van der Waals surface area contributed by atoms with Crippen LogP contribution in [0, 0.1) is 5.41 Å². The number of nitrogens with one attached hydrogen (secondary N) is 1. The number of nitrogen functional groups attached to an aromatic ring is 1. The number of anilines is 1. The summed E-state index contributed by atoms with van der Waals surface area (Å²) in [5, 5.41) is 7.06. The van der Waals surface area contributed by atoms with E-state index in [1.54, 1.807) is 0 Å². The number of carbonyl (C=O) groups is 1. The van der Waals surface area contributed by atoms with Gasteiger partial charge in [0.25, 0.3) is 5.91 Å². The number of aromatic nitrogens is 2. The number of rotatable bonds is 4. The summed E-state index contributed by atoms with van der Waals surface area (Å²) in [5.41, 5.74) is 8.24. The standard InChI is InChI=1S/C16H28N4O/c1-5-16(6-2)7-9-20(10-8-16)15(21)14-12(17)13(11(3)4)18-19-14/h11H,5-10,17H2,1-4H3,(H,18,19). The molecule has 0 saturated carbocycles. The highest BCUT2D eigenvalue weighted by Crippen LogP contribution is 2.38. The second-order valence-electron chi connectivity index (χ2n) is 6.55. The fourth-order valence-electron chi connectivity index (χ4n) is 3.26. The molecule has 0 atom stereocenters. The Labute approximate surface area is 127 Å². The molecule has 1 aromatic rings. The van der Waals surface area contributed by atoms with E-state index in [4.69, 9.17) is 5.73 Å². The molecule has 1 saturated heterocycles. The lowest BCUT2D eigenvalue weighted by atomic mass is 9.74. The molecule has 0 bridgehead atoms. The summed E-state index contributed by atoms with van der Waals surface area (Å²) in [6.45, 7) is 10.2. The molecule has 5 nitrogen and oxygen atoms in total. The van der Waals surface area contributed by atoms with Crippen molar-refractivity contribution in [1.29, 1.82) is 0 Å². The number of hydrogen-bond acceptors (Lipinski definition) is 3. The summed E-state index contributed by atoms with van der Waals surface area (Å²) in [4.78, 5) is 14.5. The highest BCUT2D eigenvalue weighted by atomic mass is 16.2. The van der Waals surface area contributed by atoms with E-state index in [0.29, 0.717) is 16.8 Å². The van der Waals surface area contributed by atoms with E-state index >= 15 is 0 Å². The van der Waals surface area contributed by atoms with Crippen LogP contribution < -0.4 is 5.73 Å². The summed E-state index contributed by atoms with van der Waals surface area (Å²) >= 11 is 0. The molecule has 21 heavy (non-hydrogen) atoms. The lowest BCUT2D eigenvalue weighted by Crippen LogP contribution is -2.43. The van der Waals surface area contributed by atoms with Crippen molar-refractivity contribution in [1.82, 2.24) is 15.1 Å². The number of nitrogens with two attached hydrogens (primary N) is 1. The Morgan fingerprint density at radius 1 is 1.33 bits per heavy atom. The highest BCUT2D eigenvalue weighted by Gasteiger charge is 2.34. The summed E-state index contributed by atoms with van der Waals surface area (Å²) in [6, 6.07) is 0. The van der Waals surface area contributed by atoms with E-state index in [2.05, 4.69) is 24.0 Å². The van der Waals surface area contributed by atoms with Crippen molar-refractivity contribution in [3.8, 4) is 0 Å². The number of hydrogen-bond donors (Lipinski definition) is 2. The molecule has 0 unspecified atom stereocenters. The monoisotopic (exact) mass is 292 g/mol. The van der Waals surface area contributed by atoms with Crippen LogP contribution in [-0.4, -0.2) is 34.1 Å². The van der Waals surface area contributed by atoms with E-state index in [9.17, 15) is 4.79 Å². The zero-order valence-corrected chi connectivity index (χ0v) is 13.7. The van der Waals surface area contributed by atoms with Crippen LogP contribution >= 0.6 is 0 Å². The molecule has 1 fully saturated rings. The van der Waals surface area contributed by atoms with Gasteiger partial charge in [0.2, 0.25) is 0 Å². The third kappa shape index (κ3) is 2.92. The molecule has 0 aromatic carbocycles. The molecule has 2 heterocycles. The zero-order valence-electron chi connectivity index (χ0n) is 13.7. The van der Waals surface area contributed by atoms with Gasteiger partial charge in [0.05, 0.1) is 11.4 Å². The Hall–Kier alpha value is -1.52. The summed E-state index contributed by atoms with van der Waals surface area (Å²) in [7, 11) is 0. The normalized spacial score (nSPS) is 18.2. The van der Waals surface area contributed by atoms with Crippen LogP contribution in [0.3, 0.4) is 0 Å². The van der Waals surface area contributed by atoms with Crippen molar-refractivity contribution >= 4 is 11.6 Å². The number of nitrogens with zero attached hydrogens (tertiary/aromatic N) is 2. The summed E-state index contributed by atoms with van der Waals surface area (Å²) in [6.07, 6.45) is 4.53. The lowest BCUT2D eigenvalue weighted by Gasteiger charge is -2.40. The van der Waals surface area contributed by atoms with Gasteiger partial charge in [0, 0.05) is 13.1 Å². The summed E-state index contributed by atoms with van der Waals surface area (Å²) in [5.74, 6) is 0.213. The Kier molecular flexibility index (Phi) is 4.59. The van der Waals surface area contributed by atoms with Crippen molar-refractivity contribution in [2.24, 2.45) is 5.41 Å². The summed E-state index contributed by atoms with van der Waals surface area (Å²) < 4.78 is 0.